The first-order chi connectivity index (χ1) is 12.0. The lowest BCUT2D eigenvalue weighted by Crippen LogP contribution is -2.54. The van der Waals surface area contributed by atoms with Crippen LogP contribution in [0.5, 0.6) is 11.5 Å². The minimum absolute atomic E-state index is 0. The molecule has 1 atom stereocenters. The summed E-state index contributed by atoms with van der Waals surface area (Å²) >= 11 is 3.60. The van der Waals surface area contributed by atoms with E-state index in [1.807, 2.05) is 0 Å². The van der Waals surface area contributed by atoms with Crippen LogP contribution in [0.15, 0.2) is 16.6 Å². The molecular weight excluding hydrogens is 414 g/mol. The highest BCUT2D eigenvalue weighted by atomic mass is 79.9. The van der Waals surface area contributed by atoms with Crippen molar-refractivity contribution < 1.29 is 9.47 Å². The van der Waals surface area contributed by atoms with Gasteiger partial charge in [-0.25, -0.2) is 0 Å². The molecule has 5 heteroatoms. The van der Waals surface area contributed by atoms with Gasteiger partial charge in [0.05, 0.1) is 18.7 Å². The van der Waals surface area contributed by atoms with Crippen LogP contribution in [0.1, 0.15) is 51.0 Å². The van der Waals surface area contributed by atoms with Crippen LogP contribution in [0, 0.1) is 23.2 Å². The summed E-state index contributed by atoms with van der Waals surface area (Å²) in [6.07, 6.45) is 8.87. The lowest BCUT2D eigenvalue weighted by atomic mass is 9.48. The van der Waals surface area contributed by atoms with Crippen LogP contribution in [0.25, 0.3) is 0 Å². The highest BCUT2D eigenvalue weighted by molar-refractivity contribution is 9.10. The van der Waals surface area contributed by atoms with Crippen molar-refractivity contribution in [1.29, 1.82) is 0 Å². The molecule has 0 saturated heterocycles. The summed E-state index contributed by atoms with van der Waals surface area (Å²) in [5.41, 5.74) is 1.78. The number of benzene rings is 1. The largest absolute Gasteiger partial charge is 0.493 e. The molecule has 4 bridgehead atoms. The Bertz CT molecular complexity index is 616. The topological polar surface area (TPSA) is 30.5 Å². The Labute approximate surface area is 172 Å². The Hall–Kier alpha value is -0.450. The number of hydrogen-bond acceptors (Lipinski definition) is 3. The second-order valence-corrected chi connectivity index (χ2v) is 9.55. The summed E-state index contributed by atoms with van der Waals surface area (Å²) in [5.74, 6) is 4.57. The van der Waals surface area contributed by atoms with Gasteiger partial charge >= 0.3 is 0 Å². The number of ether oxygens (including phenoxy) is 2. The predicted octanol–water partition coefficient (Wildman–Crippen LogP) is 5.58. The standard InChI is InChI=1S/C21H30BrNO2.ClH/c1-13(21-9-14-4-15(10-21)6-16(5-14)11-21)23-12-17-7-18(22)20(25-3)19(8-17)24-2;/h7-8,13-16,23H,4-6,9-12H2,1-3H3;1H. The van der Waals surface area contributed by atoms with Crippen LogP contribution in [0.3, 0.4) is 0 Å². The Morgan fingerprint density at radius 3 is 2.15 bits per heavy atom. The normalized spacial score (nSPS) is 32.8. The number of rotatable bonds is 6. The molecule has 4 aliphatic rings. The molecule has 4 saturated carbocycles. The molecule has 1 N–H and O–H groups in total. The molecule has 3 nitrogen and oxygen atoms in total. The van der Waals surface area contributed by atoms with Crippen molar-refractivity contribution in [2.24, 2.45) is 23.2 Å². The summed E-state index contributed by atoms with van der Waals surface area (Å²) in [6.45, 7) is 3.30. The SMILES string of the molecule is COc1cc(CNC(C)C23CC4CC(CC(C4)C2)C3)cc(Br)c1OC.Cl. The maximum Gasteiger partial charge on any atom is 0.174 e. The number of hydrogen-bond donors (Lipinski definition) is 1. The first-order valence-corrected chi connectivity index (χ1v) is 10.5. The smallest absolute Gasteiger partial charge is 0.174 e. The van der Waals surface area contributed by atoms with Crippen molar-refractivity contribution >= 4 is 28.3 Å². The van der Waals surface area contributed by atoms with Gasteiger partial charge in [0, 0.05) is 12.6 Å². The lowest BCUT2D eigenvalue weighted by molar-refractivity contribution is -0.0706. The second-order valence-electron chi connectivity index (χ2n) is 8.70. The number of methoxy groups -OCH3 is 2. The minimum atomic E-state index is 0. The molecule has 0 spiro atoms. The fraction of sp³-hybridized carbons (Fsp3) is 0.714. The highest BCUT2D eigenvalue weighted by Crippen LogP contribution is 2.61. The van der Waals surface area contributed by atoms with Crippen LogP contribution >= 0.6 is 28.3 Å². The van der Waals surface area contributed by atoms with Gasteiger partial charge in [-0.3, -0.25) is 0 Å². The number of halogens is 2. The summed E-state index contributed by atoms with van der Waals surface area (Å²) in [4.78, 5) is 0. The van der Waals surface area contributed by atoms with Gasteiger partial charge in [0.25, 0.3) is 0 Å². The van der Waals surface area contributed by atoms with Crippen molar-refractivity contribution in [1.82, 2.24) is 5.32 Å². The molecule has 4 fully saturated rings. The van der Waals surface area contributed by atoms with E-state index in [0.717, 1.165) is 40.3 Å². The maximum atomic E-state index is 5.48. The van der Waals surface area contributed by atoms with E-state index in [4.69, 9.17) is 9.47 Å². The summed E-state index contributed by atoms with van der Waals surface area (Å²) < 4.78 is 11.9. The Morgan fingerprint density at radius 2 is 1.65 bits per heavy atom. The lowest BCUT2D eigenvalue weighted by Gasteiger charge is -2.59. The Balaban J connectivity index is 0.00000196. The van der Waals surface area contributed by atoms with Gasteiger partial charge in [0.15, 0.2) is 11.5 Å². The third-order valence-corrected chi connectivity index (χ3v) is 7.70. The van der Waals surface area contributed by atoms with Gasteiger partial charge in [-0.05, 0) is 102 Å². The molecule has 0 radical (unpaired) electrons. The molecule has 1 aromatic rings. The zero-order chi connectivity index (χ0) is 17.6. The Kier molecular flexibility index (Phi) is 6.15. The van der Waals surface area contributed by atoms with Gasteiger partial charge in [0.1, 0.15) is 0 Å². The maximum absolute atomic E-state index is 5.48. The van der Waals surface area contributed by atoms with Crippen LogP contribution in [-0.4, -0.2) is 20.3 Å². The Morgan fingerprint density at radius 1 is 1.08 bits per heavy atom. The van der Waals surface area contributed by atoms with E-state index in [1.165, 1.54) is 44.1 Å². The summed E-state index contributed by atoms with van der Waals surface area (Å²) in [6, 6.07) is 4.80. The molecular formula is C21H31BrClNO2. The molecule has 0 amide bonds. The van der Waals surface area contributed by atoms with Gasteiger partial charge in [0.2, 0.25) is 0 Å². The van der Waals surface area contributed by atoms with Gasteiger partial charge in [-0.15, -0.1) is 12.4 Å². The molecule has 0 aromatic heterocycles. The first kappa shape index (κ1) is 20.3. The van der Waals surface area contributed by atoms with Crippen LogP contribution in [-0.2, 0) is 6.54 Å². The van der Waals surface area contributed by atoms with Gasteiger partial charge < -0.3 is 14.8 Å². The fourth-order valence-corrected chi connectivity index (χ4v) is 6.92. The van der Waals surface area contributed by atoms with E-state index in [-0.39, 0.29) is 12.4 Å². The molecule has 1 aromatic carbocycles. The van der Waals surface area contributed by atoms with Gasteiger partial charge in [-0.2, -0.15) is 0 Å². The fourth-order valence-electron chi connectivity index (χ4n) is 6.27. The summed E-state index contributed by atoms with van der Waals surface area (Å²) in [7, 11) is 3.37. The monoisotopic (exact) mass is 443 g/mol. The van der Waals surface area contributed by atoms with E-state index in [2.05, 4.69) is 40.3 Å². The molecule has 5 rings (SSSR count). The van der Waals surface area contributed by atoms with Crippen LogP contribution in [0.4, 0.5) is 0 Å². The first-order valence-electron chi connectivity index (χ1n) is 9.67. The molecule has 0 heterocycles. The van der Waals surface area contributed by atoms with Crippen LogP contribution in [0.2, 0.25) is 0 Å². The van der Waals surface area contributed by atoms with Crippen molar-refractivity contribution in [3.8, 4) is 11.5 Å². The molecule has 0 aliphatic heterocycles. The second kappa shape index (κ2) is 7.89. The van der Waals surface area contributed by atoms with Crippen molar-refractivity contribution in [2.75, 3.05) is 14.2 Å². The van der Waals surface area contributed by atoms with E-state index in [9.17, 15) is 0 Å². The molecule has 1 unspecified atom stereocenters. The van der Waals surface area contributed by atoms with E-state index in [0.29, 0.717) is 11.5 Å². The third-order valence-electron chi connectivity index (χ3n) is 7.11. The van der Waals surface area contributed by atoms with E-state index in [1.54, 1.807) is 14.2 Å². The average Bonchev–Trinajstić information content (AvgIpc) is 2.57. The van der Waals surface area contributed by atoms with Crippen molar-refractivity contribution in [3.05, 3.63) is 22.2 Å². The van der Waals surface area contributed by atoms with Crippen molar-refractivity contribution in [3.63, 3.8) is 0 Å². The van der Waals surface area contributed by atoms with E-state index < -0.39 is 0 Å². The predicted molar refractivity (Wildman–Crippen MR) is 111 cm³/mol. The highest BCUT2D eigenvalue weighted by Gasteiger charge is 2.52. The zero-order valence-corrected chi connectivity index (χ0v) is 18.4. The van der Waals surface area contributed by atoms with Crippen molar-refractivity contribution in [2.45, 2.75) is 58.0 Å². The average molecular weight is 445 g/mol. The molecule has 4 aliphatic carbocycles. The molecule has 26 heavy (non-hydrogen) atoms. The van der Waals surface area contributed by atoms with Crippen LogP contribution < -0.4 is 14.8 Å². The zero-order valence-electron chi connectivity index (χ0n) is 16.0. The summed E-state index contributed by atoms with van der Waals surface area (Å²) in [5, 5.41) is 3.85. The minimum Gasteiger partial charge on any atom is -0.493 e. The van der Waals surface area contributed by atoms with E-state index >= 15 is 0 Å². The van der Waals surface area contributed by atoms with Gasteiger partial charge in [-0.1, -0.05) is 0 Å². The third kappa shape index (κ3) is 3.62. The quantitative estimate of drug-likeness (QED) is 0.621. The molecule has 146 valence electrons. The number of nitrogens with one attached hydrogen (secondary N) is 1.